The topological polar surface area (TPSA) is 72.5 Å². The molecule has 172 valence electrons. The van der Waals surface area contributed by atoms with Crippen LogP contribution in [-0.4, -0.2) is 32.9 Å². The van der Waals surface area contributed by atoms with Crippen molar-refractivity contribution in [1.29, 1.82) is 0 Å². The van der Waals surface area contributed by atoms with E-state index in [2.05, 4.69) is 17.4 Å². The normalized spacial score (nSPS) is 15.2. The number of hydrogen-bond acceptors (Lipinski definition) is 4. The van der Waals surface area contributed by atoms with Gasteiger partial charge >= 0.3 is 0 Å². The molecule has 0 saturated carbocycles. The summed E-state index contributed by atoms with van der Waals surface area (Å²) in [6, 6.07) is 18.7. The Morgan fingerprint density at radius 1 is 1.06 bits per heavy atom. The molecule has 1 aliphatic carbocycles. The zero-order valence-electron chi connectivity index (χ0n) is 18.0. The highest BCUT2D eigenvalue weighted by Gasteiger charge is 2.25. The van der Waals surface area contributed by atoms with Gasteiger partial charge in [-0.05, 0) is 71.5 Å². The van der Waals surface area contributed by atoms with Crippen LogP contribution in [0.1, 0.15) is 34.0 Å². The first-order valence-corrected chi connectivity index (χ1v) is 13.3. The number of halogens is 2. The number of aryl methyl sites for hydroxylation is 1. The van der Waals surface area contributed by atoms with Crippen molar-refractivity contribution < 1.29 is 17.9 Å². The molecule has 1 unspecified atom stereocenters. The van der Waals surface area contributed by atoms with Crippen LogP contribution >= 0.6 is 23.2 Å². The van der Waals surface area contributed by atoms with Gasteiger partial charge in [0.15, 0.2) is 0 Å². The van der Waals surface area contributed by atoms with E-state index >= 15 is 0 Å². The van der Waals surface area contributed by atoms with Gasteiger partial charge in [0.25, 0.3) is 5.91 Å². The number of carbonyl (C=O) groups excluding carboxylic acids is 1. The minimum Gasteiger partial charge on any atom is -0.484 e. The maximum Gasteiger partial charge on any atom is 0.251 e. The van der Waals surface area contributed by atoms with Gasteiger partial charge in [-0.15, -0.1) is 0 Å². The van der Waals surface area contributed by atoms with Gasteiger partial charge in [-0.1, -0.05) is 47.5 Å². The number of sulfone groups is 1. The number of fused-ring (bicyclic) bond motifs is 1. The summed E-state index contributed by atoms with van der Waals surface area (Å²) in [5, 5.41) is 3.69. The molecule has 1 N–H and O–H groups in total. The van der Waals surface area contributed by atoms with Crippen LogP contribution in [0, 0.1) is 0 Å². The molecule has 0 radical (unpaired) electrons. The van der Waals surface area contributed by atoms with E-state index in [9.17, 15) is 13.2 Å². The second kappa shape index (κ2) is 9.75. The third-order valence-corrected chi connectivity index (χ3v) is 7.02. The Balaban J connectivity index is 1.53. The summed E-state index contributed by atoms with van der Waals surface area (Å²) in [5.74, 6) is 0.194. The lowest BCUT2D eigenvalue weighted by Gasteiger charge is -2.17. The van der Waals surface area contributed by atoms with Crippen LogP contribution in [0.4, 0.5) is 0 Å². The Labute approximate surface area is 203 Å². The fraction of sp³-hybridized carbons (Fsp3) is 0.240. The second-order valence-electron chi connectivity index (χ2n) is 8.10. The van der Waals surface area contributed by atoms with Crippen molar-refractivity contribution in [2.45, 2.75) is 18.9 Å². The lowest BCUT2D eigenvalue weighted by atomic mass is 9.98. The minimum absolute atomic E-state index is 0.0764. The molecule has 4 rings (SSSR count). The van der Waals surface area contributed by atoms with Crippen molar-refractivity contribution in [2.24, 2.45) is 0 Å². The van der Waals surface area contributed by atoms with E-state index in [0.29, 0.717) is 21.4 Å². The molecule has 5 nitrogen and oxygen atoms in total. The monoisotopic (exact) mass is 503 g/mol. The maximum absolute atomic E-state index is 12.5. The van der Waals surface area contributed by atoms with Crippen molar-refractivity contribution in [1.82, 2.24) is 5.32 Å². The molecule has 8 heteroatoms. The van der Waals surface area contributed by atoms with Gasteiger partial charge in [-0.2, -0.15) is 0 Å². The summed E-state index contributed by atoms with van der Waals surface area (Å²) in [4.78, 5) is 12.5. The third-order valence-electron chi connectivity index (χ3n) is 5.55. The minimum atomic E-state index is -3.13. The Morgan fingerprint density at radius 2 is 1.85 bits per heavy atom. The molecule has 1 atom stereocenters. The first-order valence-electron chi connectivity index (χ1n) is 10.5. The number of carbonyl (C=O) groups is 1. The second-order valence-corrected chi connectivity index (χ2v) is 11.2. The molecule has 1 aliphatic rings. The summed E-state index contributed by atoms with van der Waals surface area (Å²) >= 11 is 12.3. The SMILES string of the molecule is CS(=O)(=O)CCNC(=O)c1cccc(-c2ccc3c(c2)C(Oc2ccc(Cl)cc2Cl)CC3)c1. The van der Waals surface area contributed by atoms with Gasteiger partial charge in [-0.3, -0.25) is 4.79 Å². The van der Waals surface area contributed by atoms with Crippen LogP contribution in [0.3, 0.4) is 0 Å². The number of amides is 1. The third kappa shape index (κ3) is 5.88. The molecule has 3 aromatic carbocycles. The highest BCUT2D eigenvalue weighted by atomic mass is 35.5. The van der Waals surface area contributed by atoms with Crippen molar-refractivity contribution in [3.05, 3.63) is 87.4 Å². The van der Waals surface area contributed by atoms with Crippen molar-refractivity contribution >= 4 is 38.9 Å². The van der Waals surface area contributed by atoms with Gasteiger partial charge in [0.2, 0.25) is 0 Å². The lowest BCUT2D eigenvalue weighted by molar-refractivity contribution is 0.0956. The molecular formula is C25H23Cl2NO4S. The zero-order valence-corrected chi connectivity index (χ0v) is 20.3. The smallest absolute Gasteiger partial charge is 0.251 e. The number of ether oxygens (including phenoxy) is 1. The maximum atomic E-state index is 12.5. The van der Waals surface area contributed by atoms with Crippen LogP contribution < -0.4 is 10.1 Å². The Morgan fingerprint density at radius 3 is 2.61 bits per heavy atom. The van der Waals surface area contributed by atoms with Crippen LogP contribution in [0.5, 0.6) is 5.75 Å². The van der Waals surface area contributed by atoms with E-state index in [0.717, 1.165) is 35.8 Å². The predicted octanol–water partition coefficient (Wildman–Crippen LogP) is 5.50. The zero-order chi connectivity index (χ0) is 23.6. The van der Waals surface area contributed by atoms with E-state index in [4.69, 9.17) is 27.9 Å². The van der Waals surface area contributed by atoms with Crippen molar-refractivity contribution in [3.63, 3.8) is 0 Å². The van der Waals surface area contributed by atoms with Gasteiger partial charge < -0.3 is 10.1 Å². The fourth-order valence-electron chi connectivity index (χ4n) is 3.88. The number of nitrogens with one attached hydrogen (secondary N) is 1. The van der Waals surface area contributed by atoms with Gasteiger partial charge in [0.1, 0.15) is 21.7 Å². The van der Waals surface area contributed by atoms with Crippen molar-refractivity contribution in [2.75, 3.05) is 18.6 Å². The van der Waals surface area contributed by atoms with E-state index in [1.165, 1.54) is 5.56 Å². The molecule has 3 aromatic rings. The highest BCUT2D eigenvalue weighted by molar-refractivity contribution is 7.90. The van der Waals surface area contributed by atoms with Gasteiger partial charge in [0, 0.05) is 23.4 Å². The van der Waals surface area contributed by atoms with Gasteiger partial charge in [-0.25, -0.2) is 8.42 Å². The molecule has 0 spiro atoms. The van der Waals surface area contributed by atoms with E-state index < -0.39 is 9.84 Å². The van der Waals surface area contributed by atoms with Crippen LogP contribution in [0.15, 0.2) is 60.7 Å². The first kappa shape index (κ1) is 23.6. The Bertz CT molecular complexity index is 1310. The molecule has 0 fully saturated rings. The quantitative estimate of drug-likeness (QED) is 0.461. The lowest BCUT2D eigenvalue weighted by Crippen LogP contribution is -2.28. The summed E-state index contributed by atoms with van der Waals surface area (Å²) in [6.45, 7) is 0.0764. The Kier molecular flexibility index (Phi) is 6.98. The molecule has 0 aromatic heterocycles. The predicted molar refractivity (Wildman–Crippen MR) is 132 cm³/mol. The largest absolute Gasteiger partial charge is 0.484 e. The molecule has 0 saturated heterocycles. The number of hydrogen-bond donors (Lipinski definition) is 1. The Hall–Kier alpha value is -2.54. The van der Waals surface area contributed by atoms with E-state index in [1.54, 1.807) is 30.3 Å². The van der Waals surface area contributed by atoms with E-state index in [-0.39, 0.29) is 24.3 Å². The molecule has 1 amide bonds. The first-order chi connectivity index (χ1) is 15.7. The molecule has 33 heavy (non-hydrogen) atoms. The average molecular weight is 504 g/mol. The molecular weight excluding hydrogens is 481 g/mol. The number of rotatable bonds is 7. The highest BCUT2D eigenvalue weighted by Crippen LogP contribution is 2.39. The van der Waals surface area contributed by atoms with Crippen LogP contribution in [-0.2, 0) is 16.3 Å². The molecule has 0 heterocycles. The van der Waals surface area contributed by atoms with Crippen LogP contribution in [0.2, 0.25) is 10.0 Å². The van der Waals surface area contributed by atoms with Crippen molar-refractivity contribution in [3.8, 4) is 16.9 Å². The summed E-state index contributed by atoms with van der Waals surface area (Å²) in [7, 11) is -3.13. The molecule has 0 aliphatic heterocycles. The summed E-state index contributed by atoms with van der Waals surface area (Å²) in [6.07, 6.45) is 2.78. The summed E-state index contributed by atoms with van der Waals surface area (Å²) < 4.78 is 28.8. The van der Waals surface area contributed by atoms with Crippen LogP contribution in [0.25, 0.3) is 11.1 Å². The average Bonchev–Trinajstić information content (AvgIpc) is 3.17. The molecule has 0 bridgehead atoms. The van der Waals surface area contributed by atoms with E-state index in [1.807, 2.05) is 18.2 Å². The standard InChI is InChI=1S/C25H23Cl2NO4S/c1-33(30,31)12-11-28-25(29)19-4-2-3-17(13-19)18-6-5-16-7-9-23(21(16)14-18)32-24-10-8-20(26)15-22(24)27/h2-6,8,10,13-15,23H,7,9,11-12H2,1H3,(H,28,29). The number of benzene rings is 3. The summed E-state index contributed by atoms with van der Waals surface area (Å²) in [5.41, 5.74) is 4.66. The van der Waals surface area contributed by atoms with Gasteiger partial charge in [0.05, 0.1) is 10.8 Å². The fourth-order valence-corrected chi connectivity index (χ4v) is 4.81.